The Labute approximate surface area is 65.4 Å². The highest BCUT2D eigenvalue weighted by atomic mass is 16.4. The number of rotatable bonds is 1. The maximum atomic E-state index is 10.5. The van der Waals surface area contributed by atoms with Gasteiger partial charge in [-0.05, 0) is 12.3 Å². The van der Waals surface area contributed by atoms with E-state index in [1.54, 1.807) is 0 Å². The second-order valence-corrected chi connectivity index (χ2v) is 2.99. The van der Waals surface area contributed by atoms with E-state index in [0.717, 1.165) is 6.42 Å². The molecule has 1 saturated heterocycles. The lowest BCUT2D eigenvalue weighted by atomic mass is 10.0. The van der Waals surface area contributed by atoms with Crippen molar-refractivity contribution in [2.24, 2.45) is 5.92 Å². The largest absolute Gasteiger partial charge is 0.465 e. The van der Waals surface area contributed by atoms with Crippen molar-refractivity contribution < 1.29 is 15.0 Å². The summed E-state index contributed by atoms with van der Waals surface area (Å²) in [6, 6.07) is -0.188. The van der Waals surface area contributed by atoms with Crippen LogP contribution in [0.5, 0.6) is 0 Å². The van der Waals surface area contributed by atoms with E-state index in [0.29, 0.717) is 6.54 Å². The number of amides is 1. The molecule has 1 amide bonds. The Morgan fingerprint density at radius 3 is 2.73 bits per heavy atom. The molecular formula is C7H13NO3. The highest BCUT2D eigenvalue weighted by molar-refractivity contribution is 5.65. The van der Waals surface area contributed by atoms with Crippen molar-refractivity contribution in [2.75, 3.05) is 13.2 Å². The topological polar surface area (TPSA) is 60.8 Å². The average Bonchev–Trinajstić information content (AvgIpc) is 2.30. The summed E-state index contributed by atoms with van der Waals surface area (Å²) < 4.78 is 0. The van der Waals surface area contributed by atoms with Gasteiger partial charge in [0.25, 0.3) is 0 Å². The number of carbonyl (C=O) groups is 1. The minimum absolute atomic E-state index is 0.0620. The van der Waals surface area contributed by atoms with Crippen molar-refractivity contribution in [3.63, 3.8) is 0 Å². The molecule has 0 aromatic heterocycles. The van der Waals surface area contributed by atoms with Gasteiger partial charge in [-0.15, -0.1) is 0 Å². The third kappa shape index (κ3) is 1.45. The first-order valence-corrected chi connectivity index (χ1v) is 3.77. The van der Waals surface area contributed by atoms with Gasteiger partial charge in [0.05, 0.1) is 12.6 Å². The number of hydrogen-bond donors (Lipinski definition) is 2. The molecule has 0 spiro atoms. The Morgan fingerprint density at radius 1 is 1.73 bits per heavy atom. The molecule has 0 unspecified atom stereocenters. The van der Waals surface area contributed by atoms with Gasteiger partial charge in [0, 0.05) is 6.54 Å². The predicted octanol–water partition coefficient (Wildman–Crippen LogP) is 0.367. The molecule has 2 N–H and O–H groups in total. The fourth-order valence-corrected chi connectivity index (χ4v) is 1.52. The van der Waals surface area contributed by atoms with Gasteiger partial charge in [0.1, 0.15) is 0 Å². The van der Waals surface area contributed by atoms with Gasteiger partial charge in [-0.2, -0.15) is 0 Å². The van der Waals surface area contributed by atoms with Gasteiger partial charge in [-0.3, -0.25) is 0 Å². The van der Waals surface area contributed by atoms with Crippen LogP contribution in [0.1, 0.15) is 13.3 Å². The molecule has 0 aromatic rings. The SMILES string of the molecule is C[C@H]1CCN(C(=O)O)[C@@H]1CO. The van der Waals surface area contributed by atoms with E-state index in [1.165, 1.54) is 4.90 Å². The molecule has 0 saturated carbocycles. The quantitative estimate of drug-likeness (QED) is 0.581. The summed E-state index contributed by atoms with van der Waals surface area (Å²) in [7, 11) is 0. The number of aliphatic hydroxyl groups is 1. The molecule has 1 aliphatic heterocycles. The number of carboxylic acid groups (broad SMARTS) is 1. The summed E-state index contributed by atoms with van der Waals surface area (Å²) in [5, 5.41) is 17.5. The standard InChI is InChI=1S/C7H13NO3/c1-5-2-3-8(7(10)11)6(5)4-9/h5-6,9H,2-4H2,1H3,(H,10,11)/t5-,6+/m0/s1. The molecule has 1 aliphatic rings. The lowest BCUT2D eigenvalue weighted by molar-refractivity contribution is 0.109. The summed E-state index contributed by atoms with van der Waals surface area (Å²) in [5.41, 5.74) is 0. The van der Waals surface area contributed by atoms with E-state index in [2.05, 4.69) is 0 Å². The fourth-order valence-electron chi connectivity index (χ4n) is 1.52. The zero-order chi connectivity index (χ0) is 8.43. The van der Waals surface area contributed by atoms with Crippen molar-refractivity contribution in [2.45, 2.75) is 19.4 Å². The molecule has 2 atom stereocenters. The van der Waals surface area contributed by atoms with Crippen LogP contribution in [0.4, 0.5) is 4.79 Å². The van der Waals surface area contributed by atoms with Gasteiger partial charge >= 0.3 is 6.09 Å². The van der Waals surface area contributed by atoms with Gasteiger partial charge in [-0.1, -0.05) is 6.92 Å². The summed E-state index contributed by atoms with van der Waals surface area (Å²) >= 11 is 0. The summed E-state index contributed by atoms with van der Waals surface area (Å²) in [6.45, 7) is 2.46. The average molecular weight is 159 g/mol. The van der Waals surface area contributed by atoms with Crippen molar-refractivity contribution in [3.05, 3.63) is 0 Å². The first kappa shape index (κ1) is 8.33. The molecule has 4 heteroatoms. The Kier molecular flexibility index (Phi) is 2.34. The lowest BCUT2D eigenvalue weighted by Crippen LogP contribution is -2.38. The molecule has 1 fully saturated rings. The monoisotopic (exact) mass is 159 g/mol. The first-order chi connectivity index (χ1) is 5.16. The van der Waals surface area contributed by atoms with E-state index < -0.39 is 6.09 Å². The van der Waals surface area contributed by atoms with Crippen LogP contribution < -0.4 is 0 Å². The molecule has 0 radical (unpaired) electrons. The minimum Gasteiger partial charge on any atom is -0.465 e. The first-order valence-electron chi connectivity index (χ1n) is 3.77. The molecule has 0 aliphatic carbocycles. The van der Waals surface area contributed by atoms with Crippen LogP contribution in [0.2, 0.25) is 0 Å². The van der Waals surface area contributed by atoms with E-state index in [-0.39, 0.29) is 18.6 Å². The highest BCUT2D eigenvalue weighted by Gasteiger charge is 2.33. The highest BCUT2D eigenvalue weighted by Crippen LogP contribution is 2.22. The van der Waals surface area contributed by atoms with Crippen molar-refractivity contribution >= 4 is 6.09 Å². The minimum atomic E-state index is -0.923. The van der Waals surface area contributed by atoms with Crippen LogP contribution in [-0.2, 0) is 0 Å². The number of aliphatic hydroxyl groups excluding tert-OH is 1. The summed E-state index contributed by atoms with van der Waals surface area (Å²) in [6.07, 6.45) is -0.0641. The zero-order valence-corrected chi connectivity index (χ0v) is 6.53. The van der Waals surface area contributed by atoms with Crippen LogP contribution in [0.15, 0.2) is 0 Å². The maximum Gasteiger partial charge on any atom is 0.407 e. The number of nitrogens with zero attached hydrogens (tertiary/aromatic N) is 1. The van der Waals surface area contributed by atoms with Crippen molar-refractivity contribution in [1.29, 1.82) is 0 Å². The van der Waals surface area contributed by atoms with E-state index in [9.17, 15) is 4.79 Å². The Bertz CT molecular complexity index is 160. The normalized spacial score (nSPS) is 30.9. The Morgan fingerprint density at radius 2 is 2.36 bits per heavy atom. The summed E-state index contributed by atoms with van der Waals surface area (Å²) in [4.78, 5) is 11.8. The van der Waals surface area contributed by atoms with E-state index in [1.807, 2.05) is 6.92 Å². The Balaban J connectivity index is 2.61. The maximum absolute atomic E-state index is 10.5. The third-order valence-corrected chi connectivity index (χ3v) is 2.32. The molecule has 0 aromatic carbocycles. The molecular weight excluding hydrogens is 146 g/mol. The zero-order valence-electron chi connectivity index (χ0n) is 6.53. The molecule has 64 valence electrons. The van der Waals surface area contributed by atoms with Crippen molar-refractivity contribution in [3.8, 4) is 0 Å². The van der Waals surface area contributed by atoms with E-state index in [4.69, 9.17) is 10.2 Å². The van der Waals surface area contributed by atoms with Crippen LogP contribution >= 0.6 is 0 Å². The van der Waals surface area contributed by atoms with Crippen molar-refractivity contribution in [1.82, 2.24) is 4.90 Å². The predicted molar refractivity (Wildman–Crippen MR) is 39.4 cm³/mol. The number of hydrogen-bond acceptors (Lipinski definition) is 2. The molecule has 1 rings (SSSR count). The smallest absolute Gasteiger partial charge is 0.407 e. The van der Waals surface area contributed by atoms with Crippen LogP contribution in [-0.4, -0.2) is 40.4 Å². The second-order valence-electron chi connectivity index (χ2n) is 2.99. The van der Waals surface area contributed by atoms with Gasteiger partial charge in [0.2, 0.25) is 0 Å². The van der Waals surface area contributed by atoms with Gasteiger partial charge in [-0.25, -0.2) is 4.79 Å². The third-order valence-electron chi connectivity index (χ3n) is 2.32. The lowest BCUT2D eigenvalue weighted by Gasteiger charge is -2.21. The Hall–Kier alpha value is -0.770. The summed E-state index contributed by atoms with van der Waals surface area (Å²) in [5.74, 6) is 0.288. The molecule has 4 nitrogen and oxygen atoms in total. The fraction of sp³-hybridized carbons (Fsp3) is 0.857. The molecule has 11 heavy (non-hydrogen) atoms. The van der Waals surface area contributed by atoms with Gasteiger partial charge < -0.3 is 15.1 Å². The molecule has 1 heterocycles. The van der Waals surface area contributed by atoms with Crippen LogP contribution in [0.25, 0.3) is 0 Å². The van der Waals surface area contributed by atoms with Crippen LogP contribution in [0, 0.1) is 5.92 Å². The molecule has 0 bridgehead atoms. The van der Waals surface area contributed by atoms with E-state index >= 15 is 0 Å². The second kappa shape index (κ2) is 3.09. The van der Waals surface area contributed by atoms with Crippen LogP contribution in [0.3, 0.4) is 0 Å². The van der Waals surface area contributed by atoms with Gasteiger partial charge in [0.15, 0.2) is 0 Å². The number of likely N-dealkylation sites (tertiary alicyclic amines) is 1.